The fraction of sp³-hybridized carbons (Fsp3) is 0.833. The molecule has 1 aliphatic carbocycles. The lowest BCUT2D eigenvalue weighted by Gasteiger charge is -2.17. The zero-order valence-corrected chi connectivity index (χ0v) is 8.55. The van der Waals surface area contributed by atoms with Crippen LogP contribution in [0.2, 0.25) is 0 Å². The number of hydrogen-bond acceptors (Lipinski definition) is 0. The van der Waals surface area contributed by atoms with Gasteiger partial charge in [0, 0.05) is 0 Å². The van der Waals surface area contributed by atoms with Crippen molar-refractivity contribution in [2.75, 3.05) is 0 Å². The minimum Gasteiger partial charge on any atom is -0.0880 e. The minimum atomic E-state index is 0.918. The van der Waals surface area contributed by atoms with Crippen molar-refractivity contribution < 1.29 is 0 Å². The van der Waals surface area contributed by atoms with E-state index in [0.717, 1.165) is 11.8 Å². The van der Waals surface area contributed by atoms with E-state index in [1.165, 1.54) is 38.5 Å². The molecular formula is C12H22. The van der Waals surface area contributed by atoms with Crippen molar-refractivity contribution >= 4 is 0 Å². The molecule has 0 saturated heterocycles. The molecule has 0 aromatic carbocycles. The molecule has 1 rings (SSSR count). The van der Waals surface area contributed by atoms with Crippen LogP contribution in [0.25, 0.3) is 0 Å². The Morgan fingerprint density at radius 3 is 2.67 bits per heavy atom. The fourth-order valence-corrected chi connectivity index (χ4v) is 2.22. The van der Waals surface area contributed by atoms with E-state index in [9.17, 15) is 0 Å². The van der Waals surface area contributed by atoms with E-state index in [1.807, 2.05) is 0 Å². The summed E-state index contributed by atoms with van der Waals surface area (Å²) in [6.07, 6.45) is 13.2. The van der Waals surface area contributed by atoms with E-state index in [-0.39, 0.29) is 0 Å². The largest absolute Gasteiger partial charge is 0.0880 e. The Bertz CT molecular complexity index is 135. The van der Waals surface area contributed by atoms with Crippen LogP contribution in [0.1, 0.15) is 52.4 Å². The molecule has 0 spiro atoms. The topological polar surface area (TPSA) is 0 Å². The molecule has 2 atom stereocenters. The van der Waals surface area contributed by atoms with Gasteiger partial charge in [-0.05, 0) is 31.1 Å². The summed E-state index contributed by atoms with van der Waals surface area (Å²) < 4.78 is 0. The Hall–Kier alpha value is -0.260. The summed E-state index contributed by atoms with van der Waals surface area (Å²) in [6, 6.07) is 0. The Morgan fingerprint density at radius 1 is 1.17 bits per heavy atom. The van der Waals surface area contributed by atoms with Crippen molar-refractivity contribution in [3.8, 4) is 0 Å². The van der Waals surface area contributed by atoms with Gasteiger partial charge in [-0.25, -0.2) is 0 Å². The molecule has 70 valence electrons. The van der Waals surface area contributed by atoms with E-state index in [4.69, 9.17) is 0 Å². The molecule has 1 aliphatic rings. The van der Waals surface area contributed by atoms with Gasteiger partial charge < -0.3 is 0 Å². The van der Waals surface area contributed by atoms with Crippen molar-refractivity contribution in [3.05, 3.63) is 12.2 Å². The maximum Gasteiger partial charge on any atom is -0.0202 e. The van der Waals surface area contributed by atoms with Gasteiger partial charge in [-0.15, -0.1) is 0 Å². The molecule has 2 unspecified atom stereocenters. The average molecular weight is 166 g/mol. The molecule has 0 aromatic rings. The minimum absolute atomic E-state index is 0.918. The van der Waals surface area contributed by atoms with Gasteiger partial charge in [-0.3, -0.25) is 0 Å². The molecule has 0 fully saturated rings. The summed E-state index contributed by atoms with van der Waals surface area (Å²) >= 11 is 0. The number of allylic oxidation sites excluding steroid dienone is 2. The lowest BCUT2D eigenvalue weighted by molar-refractivity contribution is 0.364. The third-order valence-corrected chi connectivity index (χ3v) is 2.98. The van der Waals surface area contributed by atoms with Gasteiger partial charge in [-0.2, -0.15) is 0 Å². The van der Waals surface area contributed by atoms with Gasteiger partial charge in [0.25, 0.3) is 0 Å². The second-order valence-electron chi connectivity index (χ2n) is 4.02. The third-order valence-electron chi connectivity index (χ3n) is 2.98. The number of hydrogen-bond donors (Lipinski definition) is 0. The molecule has 0 amide bonds. The average Bonchev–Trinajstić information content (AvgIpc) is 2.50. The number of unbranched alkanes of at least 4 members (excludes halogenated alkanes) is 1. The quantitative estimate of drug-likeness (QED) is 0.538. The maximum absolute atomic E-state index is 2.45. The van der Waals surface area contributed by atoms with Crippen LogP contribution in [0.3, 0.4) is 0 Å². The lowest BCUT2D eigenvalue weighted by atomic mass is 9.87. The fourth-order valence-electron chi connectivity index (χ4n) is 2.22. The first kappa shape index (κ1) is 9.83. The van der Waals surface area contributed by atoms with Gasteiger partial charge in [-0.1, -0.05) is 45.3 Å². The molecule has 0 saturated carbocycles. The Labute approximate surface area is 77.1 Å². The van der Waals surface area contributed by atoms with Crippen molar-refractivity contribution in [3.63, 3.8) is 0 Å². The SMILES string of the molecule is CCCCC1CC=CC1CCC. The molecule has 0 nitrogen and oxygen atoms in total. The maximum atomic E-state index is 2.45. The van der Waals surface area contributed by atoms with Crippen LogP contribution >= 0.6 is 0 Å². The van der Waals surface area contributed by atoms with Crippen LogP contribution in [0.4, 0.5) is 0 Å². The normalized spacial score (nSPS) is 28.2. The first-order valence-electron chi connectivity index (χ1n) is 5.55. The Balaban J connectivity index is 2.24. The van der Waals surface area contributed by atoms with Crippen LogP contribution in [0, 0.1) is 11.8 Å². The predicted octanol–water partition coefficient (Wildman–Crippen LogP) is 4.17. The molecular weight excluding hydrogens is 144 g/mol. The van der Waals surface area contributed by atoms with E-state index >= 15 is 0 Å². The second-order valence-corrected chi connectivity index (χ2v) is 4.02. The van der Waals surface area contributed by atoms with Crippen LogP contribution in [0.5, 0.6) is 0 Å². The molecule has 12 heavy (non-hydrogen) atoms. The van der Waals surface area contributed by atoms with Gasteiger partial charge >= 0.3 is 0 Å². The van der Waals surface area contributed by atoms with E-state index < -0.39 is 0 Å². The summed E-state index contributed by atoms with van der Waals surface area (Å²) in [6.45, 7) is 4.58. The smallest absolute Gasteiger partial charge is 0.0202 e. The van der Waals surface area contributed by atoms with Crippen molar-refractivity contribution in [1.29, 1.82) is 0 Å². The first-order valence-corrected chi connectivity index (χ1v) is 5.55. The second kappa shape index (κ2) is 5.40. The summed E-state index contributed by atoms with van der Waals surface area (Å²) in [5.41, 5.74) is 0. The zero-order chi connectivity index (χ0) is 8.81. The summed E-state index contributed by atoms with van der Waals surface area (Å²) in [4.78, 5) is 0. The van der Waals surface area contributed by atoms with E-state index in [1.54, 1.807) is 0 Å². The molecule has 0 heteroatoms. The summed E-state index contributed by atoms with van der Waals surface area (Å²) in [7, 11) is 0. The molecule has 0 aliphatic heterocycles. The highest BCUT2D eigenvalue weighted by atomic mass is 14.3. The molecule has 0 radical (unpaired) electrons. The van der Waals surface area contributed by atoms with Crippen LogP contribution in [-0.2, 0) is 0 Å². The summed E-state index contributed by atoms with van der Waals surface area (Å²) in [5.74, 6) is 1.91. The van der Waals surface area contributed by atoms with Crippen LogP contribution < -0.4 is 0 Å². The molecule has 0 bridgehead atoms. The first-order chi connectivity index (χ1) is 5.88. The summed E-state index contributed by atoms with van der Waals surface area (Å²) in [5, 5.41) is 0. The van der Waals surface area contributed by atoms with Gasteiger partial charge in [0.1, 0.15) is 0 Å². The molecule has 0 N–H and O–H groups in total. The Morgan fingerprint density at radius 2 is 2.00 bits per heavy atom. The van der Waals surface area contributed by atoms with Gasteiger partial charge in [0.05, 0.1) is 0 Å². The molecule has 0 aromatic heterocycles. The predicted molar refractivity (Wildman–Crippen MR) is 55.2 cm³/mol. The zero-order valence-electron chi connectivity index (χ0n) is 8.55. The lowest BCUT2D eigenvalue weighted by Crippen LogP contribution is -2.07. The highest BCUT2D eigenvalue weighted by Crippen LogP contribution is 2.32. The van der Waals surface area contributed by atoms with E-state index in [0.29, 0.717) is 0 Å². The van der Waals surface area contributed by atoms with Crippen LogP contribution in [-0.4, -0.2) is 0 Å². The highest BCUT2D eigenvalue weighted by molar-refractivity contribution is 5.00. The van der Waals surface area contributed by atoms with Crippen molar-refractivity contribution in [2.24, 2.45) is 11.8 Å². The Kier molecular flexibility index (Phi) is 4.42. The van der Waals surface area contributed by atoms with E-state index in [2.05, 4.69) is 26.0 Å². The standard InChI is InChI=1S/C12H22/c1-3-5-8-12-10-6-9-11(12)7-4-2/h6,9,11-12H,3-5,7-8,10H2,1-2H3. The van der Waals surface area contributed by atoms with Crippen LogP contribution in [0.15, 0.2) is 12.2 Å². The van der Waals surface area contributed by atoms with Crippen molar-refractivity contribution in [2.45, 2.75) is 52.4 Å². The van der Waals surface area contributed by atoms with Crippen molar-refractivity contribution in [1.82, 2.24) is 0 Å². The third kappa shape index (κ3) is 2.66. The van der Waals surface area contributed by atoms with Gasteiger partial charge in [0.2, 0.25) is 0 Å². The van der Waals surface area contributed by atoms with Gasteiger partial charge in [0.15, 0.2) is 0 Å². The molecule has 0 heterocycles. The highest BCUT2D eigenvalue weighted by Gasteiger charge is 2.20. The number of rotatable bonds is 5. The monoisotopic (exact) mass is 166 g/mol.